The van der Waals surface area contributed by atoms with Gasteiger partial charge in [0, 0.05) is 11.6 Å². The summed E-state index contributed by atoms with van der Waals surface area (Å²) in [4.78, 5) is 4.04. The van der Waals surface area contributed by atoms with E-state index in [4.69, 9.17) is 14.2 Å². The Bertz CT molecular complexity index is 669. The Hall–Kier alpha value is -2.53. The van der Waals surface area contributed by atoms with Crippen LogP contribution < -0.4 is 14.2 Å². The van der Waals surface area contributed by atoms with Gasteiger partial charge in [0.05, 0.1) is 0 Å². The zero-order chi connectivity index (χ0) is 15.0. The lowest BCUT2D eigenvalue weighted by atomic mass is 10.3. The second kappa shape index (κ2) is 7.47. The van der Waals surface area contributed by atoms with Crippen molar-refractivity contribution in [2.24, 2.45) is 0 Å². The largest absolute Gasteiger partial charge is 0.490 e. The highest BCUT2D eigenvalue weighted by atomic mass is 32.1. The van der Waals surface area contributed by atoms with Crippen molar-refractivity contribution in [2.75, 3.05) is 13.2 Å². The van der Waals surface area contributed by atoms with E-state index < -0.39 is 0 Å². The smallest absolute Gasteiger partial charge is 0.273 e. The summed E-state index contributed by atoms with van der Waals surface area (Å²) in [6, 6.07) is 17.2. The van der Waals surface area contributed by atoms with E-state index in [1.807, 2.05) is 60.0 Å². The SMILES string of the molecule is c1ccc(Oc2ccc(OCCOc3nccs3)cc2)cc1. The molecule has 0 spiro atoms. The van der Waals surface area contributed by atoms with E-state index >= 15 is 0 Å². The molecule has 0 amide bonds. The number of ether oxygens (including phenoxy) is 3. The van der Waals surface area contributed by atoms with Crippen LogP contribution in [0.25, 0.3) is 0 Å². The summed E-state index contributed by atoms with van der Waals surface area (Å²) < 4.78 is 16.8. The normalized spacial score (nSPS) is 10.2. The lowest BCUT2D eigenvalue weighted by molar-refractivity contribution is 0.216. The molecule has 3 rings (SSSR count). The summed E-state index contributed by atoms with van der Waals surface area (Å²) in [5, 5.41) is 2.54. The van der Waals surface area contributed by atoms with Gasteiger partial charge in [-0.3, -0.25) is 0 Å². The maximum Gasteiger partial charge on any atom is 0.273 e. The molecule has 1 aromatic heterocycles. The first kappa shape index (κ1) is 14.4. The first-order valence-electron chi connectivity index (χ1n) is 6.88. The van der Waals surface area contributed by atoms with E-state index in [-0.39, 0.29) is 0 Å². The molecule has 1 heterocycles. The van der Waals surface area contributed by atoms with Crippen LogP contribution in [0, 0.1) is 0 Å². The van der Waals surface area contributed by atoms with Crippen LogP contribution in [0.1, 0.15) is 0 Å². The highest BCUT2D eigenvalue weighted by molar-refractivity contribution is 7.11. The molecule has 0 saturated carbocycles. The van der Waals surface area contributed by atoms with E-state index in [9.17, 15) is 0 Å². The highest BCUT2D eigenvalue weighted by Gasteiger charge is 1.99. The summed E-state index contributed by atoms with van der Waals surface area (Å²) in [5.74, 6) is 2.37. The Labute approximate surface area is 132 Å². The van der Waals surface area contributed by atoms with E-state index in [1.165, 1.54) is 11.3 Å². The van der Waals surface area contributed by atoms with Gasteiger partial charge in [-0.25, -0.2) is 4.98 Å². The molecule has 0 bridgehead atoms. The molecular weight excluding hydrogens is 298 g/mol. The predicted molar refractivity (Wildman–Crippen MR) is 86.1 cm³/mol. The lowest BCUT2D eigenvalue weighted by Crippen LogP contribution is -2.08. The van der Waals surface area contributed by atoms with Gasteiger partial charge >= 0.3 is 0 Å². The van der Waals surface area contributed by atoms with Crippen LogP contribution in [0.15, 0.2) is 66.2 Å². The molecule has 0 atom stereocenters. The van der Waals surface area contributed by atoms with Gasteiger partial charge in [-0.2, -0.15) is 0 Å². The van der Waals surface area contributed by atoms with E-state index in [1.54, 1.807) is 6.20 Å². The van der Waals surface area contributed by atoms with Crippen LogP contribution in [-0.2, 0) is 0 Å². The van der Waals surface area contributed by atoms with Gasteiger partial charge in [0.2, 0.25) is 0 Å². The van der Waals surface area contributed by atoms with Gasteiger partial charge in [0.25, 0.3) is 5.19 Å². The van der Waals surface area contributed by atoms with E-state index in [2.05, 4.69) is 4.98 Å². The van der Waals surface area contributed by atoms with Gasteiger partial charge in [-0.05, 0) is 36.4 Å². The van der Waals surface area contributed by atoms with Crippen molar-refractivity contribution >= 4 is 11.3 Å². The Morgan fingerprint density at radius 2 is 1.45 bits per heavy atom. The summed E-state index contributed by atoms with van der Waals surface area (Å²) in [6.07, 6.45) is 1.71. The van der Waals surface area contributed by atoms with Crippen molar-refractivity contribution < 1.29 is 14.2 Å². The van der Waals surface area contributed by atoms with Crippen LogP contribution in [-0.4, -0.2) is 18.2 Å². The quantitative estimate of drug-likeness (QED) is 0.606. The number of aromatic nitrogens is 1. The number of para-hydroxylation sites is 1. The molecule has 0 N–H and O–H groups in total. The van der Waals surface area contributed by atoms with Crippen molar-refractivity contribution in [1.29, 1.82) is 0 Å². The molecule has 4 nitrogen and oxygen atoms in total. The Morgan fingerprint density at radius 3 is 2.18 bits per heavy atom. The van der Waals surface area contributed by atoms with E-state index in [0.29, 0.717) is 18.4 Å². The third kappa shape index (κ3) is 4.23. The molecule has 3 aromatic rings. The molecule has 0 aliphatic heterocycles. The molecule has 22 heavy (non-hydrogen) atoms. The molecule has 0 fully saturated rings. The number of thiazole rings is 1. The van der Waals surface area contributed by atoms with Gasteiger partial charge in [0.1, 0.15) is 30.5 Å². The number of rotatable bonds is 7. The van der Waals surface area contributed by atoms with Gasteiger partial charge in [-0.1, -0.05) is 29.5 Å². The summed E-state index contributed by atoms with van der Waals surface area (Å²) in [6.45, 7) is 0.939. The van der Waals surface area contributed by atoms with Gasteiger partial charge in [-0.15, -0.1) is 0 Å². The Balaban J connectivity index is 1.45. The molecule has 2 aromatic carbocycles. The van der Waals surface area contributed by atoms with Crippen LogP contribution in [0.3, 0.4) is 0 Å². The summed E-state index contributed by atoms with van der Waals surface area (Å²) in [7, 11) is 0. The van der Waals surface area contributed by atoms with Crippen molar-refractivity contribution in [2.45, 2.75) is 0 Å². The highest BCUT2D eigenvalue weighted by Crippen LogP contribution is 2.23. The van der Waals surface area contributed by atoms with Crippen LogP contribution in [0.4, 0.5) is 0 Å². The second-order valence-electron chi connectivity index (χ2n) is 4.38. The van der Waals surface area contributed by atoms with E-state index in [0.717, 1.165) is 17.2 Å². The number of hydrogen-bond acceptors (Lipinski definition) is 5. The molecular formula is C17H15NO3S. The standard InChI is InChI=1S/C17H15NO3S/c1-2-4-15(5-3-1)21-16-8-6-14(7-9-16)19-11-12-20-17-18-10-13-22-17/h1-10,13H,11-12H2. The third-order valence-corrected chi connectivity index (χ3v) is 3.47. The fourth-order valence-corrected chi connectivity index (χ4v) is 2.31. The average molecular weight is 313 g/mol. The van der Waals surface area contributed by atoms with Crippen molar-refractivity contribution in [3.05, 3.63) is 66.2 Å². The molecule has 0 unspecified atom stereocenters. The van der Waals surface area contributed by atoms with Gasteiger partial charge in [0.15, 0.2) is 0 Å². The molecule has 0 saturated heterocycles. The molecule has 0 aliphatic carbocycles. The molecule has 0 aliphatic rings. The summed E-state index contributed by atoms with van der Waals surface area (Å²) >= 11 is 1.47. The fourth-order valence-electron chi connectivity index (χ4n) is 1.80. The first-order chi connectivity index (χ1) is 10.9. The Morgan fingerprint density at radius 1 is 0.773 bits per heavy atom. The van der Waals surface area contributed by atoms with Crippen LogP contribution in [0.2, 0.25) is 0 Å². The topological polar surface area (TPSA) is 40.6 Å². The maximum atomic E-state index is 5.72. The van der Waals surface area contributed by atoms with Crippen molar-refractivity contribution in [1.82, 2.24) is 4.98 Å². The minimum atomic E-state index is 0.468. The monoisotopic (exact) mass is 313 g/mol. The summed E-state index contributed by atoms with van der Waals surface area (Å²) in [5.41, 5.74) is 0. The number of hydrogen-bond donors (Lipinski definition) is 0. The molecule has 0 radical (unpaired) electrons. The fraction of sp³-hybridized carbons (Fsp3) is 0.118. The minimum Gasteiger partial charge on any atom is -0.490 e. The van der Waals surface area contributed by atoms with Crippen LogP contribution >= 0.6 is 11.3 Å². The average Bonchev–Trinajstić information content (AvgIpc) is 3.07. The van der Waals surface area contributed by atoms with Gasteiger partial charge < -0.3 is 14.2 Å². The second-order valence-corrected chi connectivity index (χ2v) is 5.24. The minimum absolute atomic E-state index is 0.468. The molecule has 5 heteroatoms. The maximum absolute atomic E-state index is 5.72. The molecule has 112 valence electrons. The number of nitrogens with zero attached hydrogens (tertiary/aromatic N) is 1. The zero-order valence-corrected chi connectivity index (χ0v) is 12.7. The zero-order valence-electron chi connectivity index (χ0n) is 11.8. The third-order valence-electron chi connectivity index (χ3n) is 2.79. The van der Waals surface area contributed by atoms with Crippen molar-refractivity contribution in [3.8, 4) is 22.4 Å². The Kier molecular flexibility index (Phi) is 4.89. The van der Waals surface area contributed by atoms with Crippen LogP contribution in [0.5, 0.6) is 22.4 Å². The first-order valence-corrected chi connectivity index (χ1v) is 7.76. The predicted octanol–water partition coefficient (Wildman–Crippen LogP) is 4.39. The number of benzene rings is 2. The van der Waals surface area contributed by atoms with Crippen molar-refractivity contribution in [3.63, 3.8) is 0 Å². The lowest BCUT2D eigenvalue weighted by Gasteiger charge is -2.08.